The maximum absolute atomic E-state index is 14.7. The summed E-state index contributed by atoms with van der Waals surface area (Å²) in [4.78, 5) is 54.7. The Morgan fingerprint density at radius 2 is 1.52 bits per heavy atom. The highest BCUT2D eigenvalue weighted by molar-refractivity contribution is 6.07. The third-order valence-corrected chi connectivity index (χ3v) is 10.2. The Morgan fingerprint density at radius 1 is 0.833 bits per heavy atom. The molecule has 212 valence electrons. The molecule has 3 heterocycles. The quantitative estimate of drug-likeness (QED) is 0.331. The molecular formula is C34H28O8. The predicted molar refractivity (Wildman–Crippen MR) is 147 cm³/mol. The van der Waals surface area contributed by atoms with E-state index < -0.39 is 71.0 Å². The Labute approximate surface area is 241 Å². The number of allylic oxidation sites excluding steroid dienone is 2. The summed E-state index contributed by atoms with van der Waals surface area (Å²) in [5, 5.41) is 11.4. The maximum atomic E-state index is 14.7. The molecule has 2 bridgehead atoms. The predicted octanol–water partition coefficient (Wildman–Crippen LogP) is 4.43. The first-order valence-corrected chi connectivity index (χ1v) is 14.4. The molecule has 9 rings (SSSR count). The van der Waals surface area contributed by atoms with Gasteiger partial charge in [0.1, 0.15) is 35.2 Å². The number of benzene rings is 2. The molecule has 3 aliphatic heterocycles. The molecule has 2 aromatic carbocycles. The molecule has 9 atom stereocenters. The lowest BCUT2D eigenvalue weighted by Gasteiger charge is -2.62. The number of esters is 2. The molecule has 2 saturated carbocycles. The van der Waals surface area contributed by atoms with Crippen molar-refractivity contribution < 1.29 is 38.5 Å². The van der Waals surface area contributed by atoms with Gasteiger partial charge in [0.2, 0.25) is 0 Å². The molecule has 0 radical (unpaired) electrons. The third-order valence-electron chi connectivity index (χ3n) is 10.2. The lowest BCUT2D eigenvalue weighted by Crippen LogP contribution is -2.69. The second-order valence-electron chi connectivity index (χ2n) is 12.1. The van der Waals surface area contributed by atoms with Gasteiger partial charge in [0.05, 0.1) is 12.8 Å². The number of aliphatic hydroxyl groups is 1. The van der Waals surface area contributed by atoms with Gasteiger partial charge in [-0.25, -0.2) is 0 Å². The van der Waals surface area contributed by atoms with Crippen molar-refractivity contribution in [1.82, 2.24) is 0 Å². The number of aliphatic hydroxyl groups excluding tert-OH is 1. The molecule has 2 aromatic rings. The monoisotopic (exact) mass is 564 g/mol. The van der Waals surface area contributed by atoms with E-state index in [1.54, 1.807) is 6.08 Å². The fourth-order valence-corrected chi connectivity index (χ4v) is 8.69. The Bertz CT molecular complexity index is 1620. The smallest absolute Gasteiger partial charge is 0.306 e. The van der Waals surface area contributed by atoms with E-state index in [0.29, 0.717) is 5.76 Å². The van der Waals surface area contributed by atoms with Crippen LogP contribution in [0.5, 0.6) is 0 Å². The van der Waals surface area contributed by atoms with E-state index in [-0.39, 0.29) is 36.4 Å². The van der Waals surface area contributed by atoms with E-state index in [4.69, 9.17) is 14.2 Å². The number of hydrogen-bond donors (Lipinski definition) is 1. The van der Waals surface area contributed by atoms with Gasteiger partial charge < -0.3 is 19.3 Å². The largest absolute Gasteiger partial charge is 0.508 e. The van der Waals surface area contributed by atoms with Crippen LogP contribution in [-0.4, -0.2) is 40.8 Å². The molecule has 3 saturated heterocycles. The van der Waals surface area contributed by atoms with Gasteiger partial charge in [0.15, 0.2) is 11.6 Å². The van der Waals surface area contributed by atoms with Crippen molar-refractivity contribution in [3.8, 4) is 0 Å². The normalized spacial score (nSPS) is 39.0. The molecule has 8 heteroatoms. The fourth-order valence-electron chi connectivity index (χ4n) is 8.69. The van der Waals surface area contributed by atoms with Gasteiger partial charge in [-0.2, -0.15) is 0 Å². The van der Waals surface area contributed by atoms with Crippen LogP contribution in [0.3, 0.4) is 0 Å². The number of Topliss-reactive ketones (excluding diaryl/α,β-unsaturated/α-hetero) is 2. The van der Waals surface area contributed by atoms with Crippen molar-refractivity contribution in [2.45, 2.75) is 37.6 Å². The Hall–Kier alpha value is -4.46. The molecule has 0 aromatic heterocycles. The van der Waals surface area contributed by atoms with Crippen LogP contribution >= 0.6 is 0 Å². The second kappa shape index (κ2) is 9.02. The average molecular weight is 565 g/mol. The standard InChI is InChI=1S/C34H28O8/c35-22(12-11-17-7-3-1-4-8-17)28-20-14-26(37)42-33(20)29-19-13-25-34(30(29)31(28)39,21-15-27(38)41-32(19)21)24(36)16-23(40-25)18-9-5-2-6-10-18/h1-13,19-21,23,29-30,32-33,35H,14-16H2/b12-11+,28-22?/t19?,20-,21+,23-,29-,30+,32+,33-,34?/m1/s1. The molecule has 7 aliphatic rings. The molecule has 4 aliphatic carbocycles. The maximum Gasteiger partial charge on any atom is 0.306 e. The molecular weight excluding hydrogens is 536 g/mol. The zero-order chi connectivity index (χ0) is 28.7. The first kappa shape index (κ1) is 25.3. The van der Waals surface area contributed by atoms with Crippen molar-refractivity contribution in [3.05, 3.63) is 101 Å². The first-order valence-electron chi connectivity index (χ1n) is 14.4. The van der Waals surface area contributed by atoms with Gasteiger partial charge in [0, 0.05) is 41.6 Å². The summed E-state index contributed by atoms with van der Waals surface area (Å²) in [6, 6.07) is 18.8. The van der Waals surface area contributed by atoms with E-state index >= 15 is 0 Å². The number of ketones is 2. The summed E-state index contributed by atoms with van der Waals surface area (Å²) in [5.74, 6) is -4.59. The number of ether oxygens (including phenoxy) is 3. The number of carbonyl (C=O) groups excluding carboxylic acids is 4. The molecule has 1 N–H and O–H groups in total. The lowest BCUT2D eigenvalue weighted by molar-refractivity contribution is -0.197. The van der Waals surface area contributed by atoms with Crippen LogP contribution in [0.15, 0.2) is 89.9 Å². The topological polar surface area (TPSA) is 116 Å². The molecule has 42 heavy (non-hydrogen) atoms. The molecule has 1 spiro atoms. The van der Waals surface area contributed by atoms with E-state index in [2.05, 4.69) is 0 Å². The van der Waals surface area contributed by atoms with Crippen LogP contribution in [0.25, 0.3) is 6.08 Å². The van der Waals surface area contributed by atoms with Crippen molar-refractivity contribution in [1.29, 1.82) is 0 Å². The van der Waals surface area contributed by atoms with E-state index in [1.165, 1.54) is 6.08 Å². The Balaban J connectivity index is 1.28. The number of fused-ring (bicyclic) bond motifs is 1. The number of rotatable bonds is 3. The van der Waals surface area contributed by atoms with Crippen LogP contribution in [0.2, 0.25) is 0 Å². The molecule has 8 nitrogen and oxygen atoms in total. The molecule has 5 fully saturated rings. The van der Waals surface area contributed by atoms with Gasteiger partial charge in [-0.05, 0) is 23.3 Å². The summed E-state index contributed by atoms with van der Waals surface area (Å²) in [5.41, 5.74) is 0.320. The SMILES string of the molecule is O=C1C[C@@H]2C(=C(O)/C=C/c3ccccc3)C(=O)[C@@H]3[C@@H](C4C=C5O[C@@H](c6ccccc6)CC(=O)C53[C@H]3CC(=O)O[C@@H]43)[C@@H]2O1. The van der Waals surface area contributed by atoms with Crippen molar-refractivity contribution in [3.63, 3.8) is 0 Å². The summed E-state index contributed by atoms with van der Waals surface area (Å²) < 4.78 is 18.2. The van der Waals surface area contributed by atoms with Gasteiger partial charge in [-0.1, -0.05) is 66.7 Å². The first-order chi connectivity index (χ1) is 20.4. The van der Waals surface area contributed by atoms with Crippen LogP contribution in [0.1, 0.15) is 36.5 Å². The minimum atomic E-state index is -1.45. The minimum absolute atomic E-state index is 0.00701. The lowest BCUT2D eigenvalue weighted by atomic mass is 9.41. The highest BCUT2D eigenvalue weighted by atomic mass is 16.6. The van der Waals surface area contributed by atoms with E-state index in [1.807, 2.05) is 66.7 Å². The van der Waals surface area contributed by atoms with Crippen LogP contribution in [0.4, 0.5) is 0 Å². The van der Waals surface area contributed by atoms with Gasteiger partial charge >= 0.3 is 11.9 Å². The van der Waals surface area contributed by atoms with Crippen molar-refractivity contribution >= 4 is 29.6 Å². The second-order valence-corrected chi connectivity index (χ2v) is 12.1. The summed E-state index contributed by atoms with van der Waals surface area (Å²) in [6.45, 7) is 0. The highest BCUT2D eigenvalue weighted by Crippen LogP contribution is 2.70. The number of carbonyl (C=O) groups is 4. The molecule has 0 amide bonds. The van der Waals surface area contributed by atoms with Crippen LogP contribution in [-0.2, 0) is 33.4 Å². The summed E-state index contributed by atoms with van der Waals surface area (Å²) >= 11 is 0. The van der Waals surface area contributed by atoms with E-state index in [0.717, 1.165) is 11.1 Å². The van der Waals surface area contributed by atoms with Crippen molar-refractivity contribution in [2.75, 3.05) is 0 Å². The fraction of sp³-hybridized carbons (Fsp3) is 0.353. The zero-order valence-corrected chi connectivity index (χ0v) is 22.6. The minimum Gasteiger partial charge on any atom is -0.508 e. The molecule has 2 unspecified atom stereocenters. The van der Waals surface area contributed by atoms with E-state index in [9.17, 15) is 24.3 Å². The van der Waals surface area contributed by atoms with Crippen LogP contribution < -0.4 is 0 Å². The van der Waals surface area contributed by atoms with Gasteiger partial charge in [-0.15, -0.1) is 0 Å². The highest BCUT2D eigenvalue weighted by Gasteiger charge is 2.77. The summed E-state index contributed by atoms with van der Waals surface area (Å²) in [7, 11) is 0. The third kappa shape index (κ3) is 3.35. The van der Waals surface area contributed by atoms with Gasteiger partial charge in [-0.3, -0.25) is 19.2 Å². The Morgan fingerprint density at radius 3 is 2.29 bits per heavy atom. The number of hydrogen-bond acceptors (Lipinski definition) is 8. The van der Waals surface area contributed by atoms with Gasteiger partial charge in [0.25, 0.3) is 0 Å². The zero-order valence-electron chi connectivity index (χ0n) is 22.6. The summed E-state index contributed by atoms with van der Waals surface area (Å²) in [6.07, 6.45) is 3.09. The van der Waals surface area contributed by atoms with Crippen molar-refractivity contribution in [2.24, 2.45) is 35.0 Å². The average Bonchev–Trinajstić information content (AvgIpc) is 3.59. The van der Waals surface area contributed by atoms with Crippen LogP contribution in [0, 0.1) is 35.0 Å². The Kier molecular flexibility index (Phi) is 5.42.